The fraction of sp³-hybridized carbons (Fsp3) is 0.600. The van der Waals surface area contributed by atoms with Crippen LogP contribution in [-0.4, -0.2) is 46.8 Å². The normalized spacial score (nSPS) is 20.6. The summed E-state index contributed by atoms with van der Waals surface area (Å²) in [6.07, 6.45) is 6.17. The minimum Gasteiger partial charge on any atom is -0.497 e. The van der Waals surface area contributed by atoms with Crippen LogP contribution >= 0.6 is 11.3 Å². The Balaban J connectivity index is 1.42. The molecule has 1 saturated carbocycles. The Bertz CT molecular complexity index is 958. The molecule has 32 heavy (non-hydrogen) atoms. The Morgan fingerprint density at radius 3 is 2.66 bits per heavy atom. The molecule has 0 spiro atoms. The Labute approximate surface area is 195 Å². The molecule has 1 heterocycles. The molecule has 6 nitrogen and oxygen atoms in total. The first-order valence-corrected chi connectivity index (χ1v) is 12.5. The third kappa shape index (κ3) is 5.20. The van der Waals surface area contributed by atoms with Crippen molar-refractivity contribution in [1.29, 1.82) is 0 Å². The van der Waals surface area contributed by atoms with Crippen LogP contribution in [0.4, 0.5) is 9.93 Å². The van der Waals surface area contributed by atoms with Crippen LogP contribution in [0, 0.1) is 5.41 Å². The van der Waals surface area contributed by atoms with Gasteiger partial charge in [-0.25, -0.2) is 9.78 Å². The minimum absolute atomic E-state index is 0.0352. The zero-order valence-electron chi connectivity index (χ0n) is 19.6. The summed E-state index contributed by atoms with van der Waals surface area (Å²) in [5.74, 6) is 0.902. The summed E-state index contributed by atoms with van der Waals surface area (Å²) < 4.78 is 5.41. The van der Waals surface area contributed by atoms with Crippen molar-refractivity contribution >= 4 is 22.6 Å². The van der Waals surface area contributed by atoms with Crippen molar-refractivity contribution in [3.63, 3.8) is 0 Å². The summed E-state index contributed by atoms with van der Waals surface area (Å²) in [5.41, 5.74) is 3.62. The first-order chi connectivity index (χ1) is 15.2. The molecular weight excluding hydrogens is 422 g/mol. The lowest BCUT2D eigenvalue weighted by Crippen LogP contribution is -2.46. The summed E-state index contributed by atoms with van der Waals surface area (Å²) in [6, 6.07) is 6.77. The van der Waals surface area contributed by atoms with Gasteiger partial charge in [0.2, 0.25) is 0 Å². The molecule has 2 N–H and O–H groups in total. The maximum Gasteiger partial charge on any atom is 0.407 e. The van der Waals surface area contributed by atoms with Gasteiger partial charge >= 0.3 is 6.09 Å². The van der Waals surface area contributed by atoms with E-state index in [0.717, 1.165) is 61.5 Å². The van der Waals surface area contributed by atoms with E-state index < -0.39 is 6.09 Å². The lowest BCUT2D eigenvalue weighted by atomic mass is 9.88. The predicted molar refractivity (Wildman–Crippen MR) is 130 cm³/mol. The second-order valence-electron chi connectivity index (χ2n) is 10.3. The third-order valence-corrected chi connectivity index (χ3v) is 7.52. The van der Waals surface area contributed by atoms with Crippen LogP contribution in [0.15, 0.2) is 18.2 Å². The summed E-state index contributed by atoms with van der Waals surface area (Å²) in [6.45, 7) is 6.86. The van der Waals surface area contributed by atoms with Crippen molar-refractivity contribution in [2.45, 2.75) is 77.8 Å². The Morgan fingerprint density at radius 1 is 1.25 bits per heavy atom. The molecule has 2 aromatic rings. The molecule has 0 unspecified atom stereocenters. The van der Waals surface area contributed by atoms with E-state index in [-0.39, 0.29) is 11.5 Å². The second-order valence-corrected chi connectivity index (χ2v) is 11.4. The van der Waals surface area contributed by atoms with Gasteiger partial charge in [-0.2, -0.15) is 0 Å². The van der Waals surface area contributed by atoms with Crippen molar-refractivity contribution in [1.82, 2.24) is 9.88 Å². The van der Waals surface area contributed by atoms with Crippen LogP contribution in [0.3, 0.4) is 0 Å². The lowest BCUT2D eigenvalue weighted by molar-refractivity contribution is 0.0876. The van der Waals surface area contributed by atoms with Crippen LogP contribution < -0.4 is 10.1 Å². The number of nitrogens with zero attached hydrogens (tertiary/aromatic N) is 2. The van der Waals surface area contributed by atoms with Crippen molar-refractivity contribution in [3.8, 4) is 17.0 Å². The largest absolute Gasteiger partial charge is 0.497 e. The summed E-state index contributed by atoms with van der Waals surface area (Å²) in [4.78, 5) is 19.8. The molecular formula is C25H35N3O3S. The first kappa shape index (κ1) is 22.9. The van der Waals surface area contributed by atoms with E-state index in [9.17, 15) is 9.90 Å². The molecule has 0 aliphatic heterocycles. The average molecular weight is 458 g/mol. The molecule has 0 saturated heterocycles. The van der Waals surface area contributed by atoms with Gasteiger partial charge in [0.05, 0.1) is 12.8 Å². The van der Waals surface area contributed by atoms with Gasteiger partial charge in [-0.05, 0) is 74.1 Å². The molecule has 2 aliphatic carbocycles. The maximum absolute atomic E-state index is 11.8. The first-order valence-electron chi connectivity index (χ1n) is 11.7. The predicted octanol–water partition coefficient (Wildman–Crippen LogP) is 6.06. The average Bonchev–Trinajstić information content (AvgIpc) is 3.06. The topological polar surface area (TPSA) is 74.7 Å². The molecule has 4 rings (SSSR count). The SMILES string of the molecule is COc1ccc2c(c1)CCCc1sc(NC3CCC(N(CC(C)(C)C)C(=O)O)CC3)nc1-2. The standard InChI is InChI=1S/C25H35N3O3S/c1-25(2,3)15-28(24(29)30)18-10-8-17(9-11-18)26-23-27-22-20-13-12-19(31-4)14-16(20)6-5-7-21(22)32-23/h12-14,17-18H,5-11,15H2,1-4H3,(H,26,27)(H,29,30). The number of rotatable bonds is 5. The van der Waals surface area contributed by atoms with E-state index in [1.807, 2.05) is 6.07 Å². The van der Waals surface area contributed by atoms with Gasteiger partial charge in [-0.1, -0.05) is 20.8 Å². The molecule has 1 amide bonds. The molecule has 174 valence electrons. The number of aryl methyl sites for hydroxylation is 2. The highest BCUT2D eigenvalue weighted by Gasteiger charge is 2.32. The van der Waals surface area contributed by atoms with Crippen LogP contribution in [-0.2, 0) is 12.8 Å². The number of ether oxygens (including phenoxy) is 1. The highest BCUT2D eigenvalue weighted by Crippen LogP contribution is 2.39. The quantitative estimate of drug-likeness (QED) is 0.571. The number of amides is 1. The summed E-state index contributed by atoms with van der Waals surface area (Å²) >= 11 is 1.78. The van der Waals surface area contributed by atoms with Crippen molar-refractivity contribution in [2.75, 3.05) is 19.0 Å². The minimum atomic E-state index is -0.796. The number of anilines is 1. The van der Waals surface area contributed by atoms with Gasteiger partial charge in [0.1, 0.15) is 5.75 Å². The van der Waals surface area contributed by atoms with Gasteiger partial charge in [-0.3, -0.25) is 0 Å². The van der Waals surface area contributed by atoms with Gasteiger partial charge in [0.25, 0.3) is 0 Å². The van der Waals surface area contributed by atoms with Crippen LogP contribution in [0.25, 0.3) is 11.3 Å². The molecule has 0 bridgehead atoms. The molecule has 1 fully saturated rings. The van der Waals surface area contributed by atoms with Crippen molar-refractivity contribution < 1.29 is 14.6 Å². The molecule has 1 aromatic carbocycles. The number of methoxy groups -OCH3 is 1. The molecule has 1 aromatic heterocycles. The van der Waals surface area contributed by atoms with Crippen LogP contribution in [0.5, 0.6) is 5.75 Å². The number of benzene rings is 1. The molecule has 0 atom stereocenters. The van der Waals surface area contributed by atoms with Gasteiger partial charge in [0, 0.05) is 29.1 Å². The third-order valence-electron chi connectivity index (χ3n) is 6.47. The number of carbonyl (C=O) groups is 1. The Kier molecular flexibility index (Phi) is 6.65. The molecule has 0 radical (unpaired) electrons. The molecule has 2 aliphatic rings. The zero-order valence-corrected chi connectivity index (χ0v) is 20.4. The summed E-state index contributed by atoms with van der Waals surface area (Å²) in [7, 11) is 1.71. The van der Waals surface area contributed by atoms with Crippen molar-refractivity contribution in [3.05, 3.63) is 28.6 Å². The Hall–Kier alpha value is -2.28. The van der Waals surface area contributed by atoms with E-state index in [2.05, 4.69) is 38.2 Å². The number of carboxylic acid groups (broad SMARTS) is 1. The van der Waals surface area contributed by atoms with E-state index in [0.29, 0.717) is 12.6 Å². The van der Waals surface area contributed by atoms with Crippen molar-refractivity contribution in [2.24, 2.45) is 5.41 Å². The van der Waals surface area contributed by atoms with E-state index in [1.165, 1.54) is 16.0 Å². The number of hydrogen-bond donors (Lipinski definition) is 2. The fourth-order valence-electron chi connectivity index (χ4n) is 4.94. The number of nitrogens with one attached hydrogen (secondary N) is 1. The number of thiazole rings is 1. The molecule has 7 heteroatoms. The van der Waals surface area contributed by atoms with Crippen LogP contribution in [0.1, 0.15) is 63.3 Å². The number of fused-ring (bicyclic) bond motifs is 3. The highest BCUT2D eigenvalue weighted by atomic mass is 32.1. The highest BCUT2D eigenvalue weighted by molar-refractivity contribution is 7.16. The van der Waals surface area contributed by atoms with Crippen LogP contribution in [0.2, 0.25) is 0 Å². The maximum atomic E-state index is 11.8. The van der Waals surface area contributed by atoms with Gasteiger partial charge in [0.15, 0.2) is 5.13 Å². The number of hydrogen-bond acceptors (Lipinski definition) is 5. The van der Waals surface area contributed by atoms with E-state index in [1.54, 1.807) is 23.3 Å². The Morgan fingerprint density at radius 2 is 2.00 bits per heavy atom. The smallest absolute Gasteiger partial charge is 0.407 e. The fourth-order valence-corrected chi connectivity index (χ4v) is 6.03. The van der Waals surface area contributed by atoms with Gasteiger partial charge in [-0.15, -0.1) is 11.3 Å². The monoisotopic (exact) mass is 457 g/mol. The number of aromatic nitrogens is 1. The zero-order chi connectivity index (χ0) is 22.9. The van der Waals surface area contributed by atoms with Gasteiger partial charge < -0.3 is 20.1 Å². The second kappa shape index (κ2) is 9.30. The van der Waals surface area contributed by atoms with E-state index >= 15 is 0 Å². The summed E-state index contributed by atoms with van der Waals surface area (Å²) in [5, 5.41) is 14.4. The van der Waals surface area contributed by atoms with E-state index in [4.69, 9.17) is 9.72 Å². The lowest BCUT2D eigenvalue weighted by Gasteiger charge is -2.38.